The van der Waals surface area contributed by atoms with Crippen molar-refractivity contribution in [2.24, 2.45) is 11.8 Å². The number of fused-ring (bicyclic) bond motifs is 2. The van der Waals surface area contributed by atoms with Crippen LogP contribution in [0, 0.1) is 11.8 Å². The van der Waals surface area contributed by atoms with E-state index in [-0.39, 0.29) is 17.3 Å². The Kier molecular flexibility index (Phi) is 2.20. The Morgan fingerprint density at radius 3 is 2.50 bits per heavy atom. The zero-order chi connectivity index (χ0) is 10.6. The van der Waals surface area contributed by atoms with Gasteiger partial charge in [0.05, 0.1) is 17.3 Å². The number of hydrogen-bond donors (Lipinski definition) is 1. The highest BCUT2D eigenvalue weighted by Crippen LogP contribution is 2.58. The van der Waals surface area contributed by atoms with Crippen molar-refractivity contribution in [3.05, 3.63) is 0 Å². The molecular weight excluding hydrogens is 176 g/mol. The van der Waals surface area contributed by atoms with Gasteiger partial charge in [-0.25, -0.2) is 0 Å². The lowest BCUT2D eigenvalue weighted by atomic mass is 9.67. The summed E-state index contributed by atoms with van der Waals surface area (Å²) in [6.45, 7) is 8.73. The van der Waals surface area contributed by atoms with Crippen LogP contribution < -0.4 is 0 Å². The molecule has 2 aliphatic rings. The number of aliphatic hydroxyl groups excluding tert-OH is 1. The summed E-state index contributed by atoms with van der Waals surface area (Å²) in [6.07, 6.45) is 2.77. The molecule has 0 saturated carbocycles. The topological polar surface area (TPSA) is 29.5 Å². The number of rotatable bonds is 2. The third kappa shape index (κ3) is 1.10. The molecule has 2 nitrogen and oxygen atoms in total. The lowest BCUT2D eigenvalue weighted by molar-refractivity contribution is -0.0886. The van der Waals surface area contributed by atoms with Gasteiger partial charge in [0.15, 0.2) is 0 Å². The van der Waals surface area contributed by atoms with Crippen LogP contribution in [0.4, 0.5) is 0 Å². The second-order valence-corrected chi connectivity index (χ2v) is 5.55. The van der Waals surface area contributed by atoms with Gasteiger partial charge in [0.2, 0.25) is 0 Å². The molecule has 2 heterocycles. The van der Waals surface area contributed by atoms with Crippen LogP contribution in [-0.2, 0) is 4.74 Å². The molecule has 1 N–H and O–H groups in total. The van der Waals surface area contributed by atoms with Crippen molar-refractivity contribution in [2.75, 3.05) is 0 Å². The average Bonchev–Trinajstić information content (AvgIpc) is 2.53. The van der Waals surface area contributed by atoms with Crippen LogP contribution in [0.15, 0.2) is 0 Å². The molecule has 4 atom stereocenters. The van der Waals surface area contributed by atoms with Gasteiger partial charge in [-0.2, -0.15) is 0 Å². The summed E-state index contributed by atoms with van der Waals surface area (Å²) in [4.78, 5) is 0. The Bertz CT molecular complexity index is 238. The van der Waals surface area contributed by atoms with Crippen molar-refractivity contribution in [1.82, 2.24) is 0 Å². The zero-order valence-corrected chi connectivity index (χ0v) is 9.71. The molecule has 0 spiro atoms. The van der Waals surface area contributed by atoms with Gasteiger partial charge >= 0.3 is 0 Å². The molecule has 0 aromatic rings. The van der Waals surface area contributed by atoms with Crippen molar-refractivity contribution >= 4 is 0 Å². The lowest BCUT2D eigenvalue weighted by Crippen LogP contribution is -2.43. The first-order chi connectivity index (χ1) is 6.44. The van der Waals surface area contributed by atoms with Crippen molar-refractivity contribution in [3.8, 4) is 0 Å². The molecule has 2 aliphatic heterocycles. The van der Waals surface area contributed by atoms with Gasteiger partial charge in [-0.15, -0.1) is 0 Å². The fourth-order valence-corrected chi connectivity index (χ4v) is 3.47. The Morgan fingerprint density at radius 2 is 2.07 bits per heavy atom. The first kappa shape index (κ1) is 10.4. The lowest BCUT2D eigenvalue weighted by Gasteiger charge is -2.37. The average molecular weight is 198 g/mol. The highest BCUT2D eigenvalue weighted by molar-refractivity contribution is 5.13. The van der Waals surface area contributed by atoms with E-state index in [1.165, 1.54) is 6.42 Å². The van der Waals surface area contributed by atoms with Gasteiger partial charge in [-0.1, -0.05) is 27.2 Å². The normalized spacial score (nSPS) is 51.9. The molecule has 1 unspecified atom stereocenters. The molecule has 0 radical (unpaired) electrons. The van der Waals surface area contributed by atoms with Gasteiger partial charge in [-0.05, 0) is 25.2 Å². The van der Waals surface area contributed by atoms with Gasteiger partial charge in [0.25, 0.3) is 0 Å². The van der Waals surface area contributed by atoms with Crippen LogP contribution in [0.1, 0.15) is 47.0 Å². The van der Waals surface area contributed by atoms with Crippen LogP contribution in [0.5, 0.6) is 0 Å². The van der Waals surface area contributed by atoms with Crippen LogP contribution >= 0.6 is 0 Å². The Labute approximate surface area is 86.6 Å². The summed E-state index contributed by atoms with van der Waals surface area (Å²) >= 11 is 0. The van der Waals surface area contributed by atoms with Crippen molar-refractivity contribution in [2.45, 2.75) is 64.3 Å². The quantitative estimate of drug-likeness (QED) is 0.738. The Hall–Kier alpha value is -0.0800. The van der Waals surface area contributed by atoms with Gasteiger partial charge in [0.1, 0.15) is 0 Å². The molecule has 2 saturated heterocycles. The molecule has 0 amide bonds. The molecule has 2 bridgehead atoms. The second-order valence-electron chi connectivity index (χ2n) is 5.55. The maximum absolute atomic E-state index is 9.98. The summed E-state index contributed by atoms with van der Waals surface area (Å²) in [6, 6.07) is 0. The molecule has 14 heavy (non-hydrogen) atoms. The van der Waals surface area contributed by atoms with Crippen LogP contribution in [-0.4, -0.2) is 22.4 Å². The zero-order valence-electron chi connectivity index (χ0n) is 9.71. The first-order valence-corrected chi connectivity index (χ1v) is 5.83. The highest BCUT2D eigenvalue weighted by atomic mass is 16.6. The maximum atomic E-state index is 9.98. The molecule has 2 heteroatoms. The van der Waals surface area contributed by atoms with E-state index in [1.54, 1.807) is 0 Å². The van der Waals surface area contributed by atoms with Crippen molar-refractivity contribution in [3.63, 3.8) is 0 Å². The van der Waals surface area contributed by atoms with E-state index < -0.39 is 0 Å². The summed E-state index contributed by atoms with van der Waals surface area (Å²) in [5, 5.41) is 9.98. The Morgan fingerprint density at radius 1 is 1.43 bits per heavy atom. The fraction of sp³-hybridized carbons (Fsp3) is 1.00. The van der Waals surface area contributed by atoms with E-state index >= 15 is 0 Å². The smallest absolute Gasteiger partial charge is 0.0924 e. The third-order valence-electron chi connectivity index (χ3n) is 4.45. The molecule has 0 aromatic carbocycles. The largest absolute Gasteiger partial charge is 0.390 e. The van der Waals surface area contributed by atoms with Gasteiger partial charge < -0.3 is 9.84 Å². The maximum Gasteiger partial charge on any atom is 0.0924 e. The van der Waals surface area contributed by atoms with E-state index in [9.17, 15) is 5.11 Å². The molecule has 0 aliphatic carbocycles. The molecule has 2 fully saturated rings. The van der Waals surface area contributed by atoms with E-state index in [2.05, 4.69) is 27.7 Å². The van der Waals surface area contributed by atoms with Gasteiger partial charge in [-0.3, -0.25) is 0 Å². The summed E-state index contributed by atoms with van der Waals surface area (Å²) < 4.78 is 6.17. The highest BCUT2D eigenvalue weighted by Gasteiger charge is 2.64. The SMILES string of the molecule is CCC1C[C@]2(C)O[C@@]1(C(C)C)C[C@H]2O. The van der Waals surface area contributed by atoms with Crippen molar-refractivity contribution < 1.29 is 9.84 Å². The van der Waals surface area contributed by atoms with Crippen LogP contribution in [0.2, 0.25) is 0 Å². The Balaban J connectivity index is 2.31. The monoisotopic (exact) mass is 198 g/mol. The number of aliphatic hydroxyl groups is 1. The minimum absolute atomic E-state index is 0.0388. The van der Waals surface area contributed by atoms with Gasteiger partial charge in [0, 0.05) is 6.42 Å². The predicted octanol–water partition coefficient (Wildman–Crippen LogP) is 2.35. The minimum Gasteiger partial charge on any atom is -0.390 e. The standard InChI is InChI=1S/C12H22O2/c1-5-9-6-11(4)10(13)7-12(9,14-11)8(2)3/h8-10,13H,5-7H2,1-4H3/t9?,10-,11+,12-/m1/s1. The molecule has 2 rings (SSSR count). The predicted molar refractivity (Wildman–Crippen MR) is 56.1 cm³/mol. The summed E-state index contributed by atoms with van der Waals surface area (Å²) in [5.74, 6) is 1.14. The van der Waals surface area contributed by atoms with E-state index in [1.807, 2.05) is 0 Å². The second kappa shape index (κ2) is 2.96. The van der Waals surface area contributed by atoms with E-state index in [0.29, 0.717) is 11.8 Å². The molecule has 82 valence electrons. The van der Waals surface area contributed by atoms with Crippen LogP contribution in [0.25, 0.3) is 0 Å². The fourth-order valence-electron chi connectivity index (χ4n) is 3.47. The number of ether oxygens (including phenoxy) is 1. The van der Waals surface area contributed by atoms with Crippen LogP contribution in [0.3, 0.4) is 0 Å². The minimum atomic E-state index is -0.259. The first-order valence-electron chi connectivity index (χ1n) is 5.83. The molecular formula is C12H22O2. The molecule has 0 aromatic heterocycles. The third-order valence-corrected chi connectivity index (χ3v) is 4.45. The number of hydrogen-bond acceptors (Lipinski definition) is 2. The summed E-state index contributed by atoms with van der Waals surface area (Å²) in [5.41, 5.74) is -0.298. The van der Waals surface area contributed by atoms with Crippen molar-refractivity contribution in [1.29, 1.82) is 0 Å². The summed E-state index contributed by atoms with van der Waals surface area (Å²) in [7, 11) is 0. The van der Waals surface area contributed by atoms with E-state index in [0.717, 1.165) is 12.8 Å². The van der Waals surface area contributed by atoms with E-state index in [4.69, 9.17) is 4.74 Å².